The summed E-state index contributed by atoms with van der Waals surface area (Å²) in [6, 6.07) is 17.2. The lowest BCUT2D eigenvalue weighted by Crippen LogP contribution is -2.13. The van der Waals surface area contributed by atoms with Crippen LogP contribution in [0.15, 0.2) is 81.4 Å². The molecule has 0 spiro atoms. The van der Waals surface area contributed by atoms with E-state index >= 15 is 0 Å². The van der Waals surface area contributed by atoms with E-state index in [4.69, 9.17) is 0 Å². The second-order valence-corrected chi connectivity index (χ2v) is 8.85. The number of benzene rings is 3. The Balaban J connectivity index is 1.68. The van der Waals surface area contributed by atoms with Crippen molar-refractivity contribution < 1.29 is 17.6 Å². The number of nitrogens with one attached hydrogen (secondary N) is 1. The van der Waals surface area contributed by atoms with Gasteiger partial charge in [-0.15, -0.1) is 0 Å². The van der Waals surface area contributed by atoms with Gasteiger partial charge in [-0.1, -0.05) is 30.0 Å². The highest BCUT2D eigenvalue weighted by Gasteiger charge is 2.23. The van der Waals surface area contributed by atoms with Gasteiger partial charge < -0.3 is 0 Å². The molecule has 3 aromatic rings. The van der Waals surface area contributed by atoms with Gasteiger partial charge in [0.05, 0.1) is 4.90 Å². The van der Waals surface area contributed by atoms with Gasteiger partial charge in [-0.05, 0) is 54.1 Å². The molecule has 0 atom stereocenters. The summed E-state index contributed by atoms with van der Waals surface area (Å²) in [7, 11) is -3.85. The third-order valence-electron chi connectivity index (χ3n) is 4.20. The van der Waals surface area contributed by atoms with E-state index in [1.165, 1.54) is 48.2 Å². The van der Waals surface area contributed by atoms with Crippen molar-refractivity contribution >= 4 is 33.3 Å². The van der Waals surface area contributed by atoms with Gasteiger partial charge in [0.2, 0.25) is 0 Å². The van der Waals surface area contributed by atoms with Crippen LogP contribution >= 0.6 is 11.8 Å². The van der Waals surface area contributed by atoms with Crippen LogP contribution in [-0.2, 0) is 16.4 Å². The molecular weight excluding hydrogens is 385 g/mol. The number of carbonyl (C=O) groups excluding carboxylic acids is 1. The predicted octanol–water partition coefficient (Wildman–Crippen LogP) is 4.52. The van der Waals surface area contributed by atoms with Crippen LogP contribution in [0.25, 0.3) is 0 Å². The van der Waals surface area contributed by atoms with Crippen LogP contribution in [0.3, 0.4) is 0 Å². The second-order valence-electron chi connectivity index (χ2n) is 6.08. The summed E-state index contributed by atoms with van der Waals surface area (Å²) in [5, 5.41) is 0. The minimum absolute atomic E-state index is 0.0436. The minimum atomic E-state index is -3.85. The highest BCUT2D eigenvalue weighted by atomic mass is 32.2. The van der Waals surface area contributed by atoms with Crippen molar-refractivity contribution in [3.63, 3.8) is 0 Å². The van der Waals surface area contributed by atoms with Crippen molar-refractivity contribution in [3.8, 4) is 0 Å². The Bertz CT molecular complexity index is 1140. The zero-order chi connectivity index (χ0) is 19.0. The fourth-order valence-electron chi connectivity index (χ4n) is 2.87. The van der Waals surface area contributed by atoms with Crippen LogP contribution in [0.5, 0.6) is 0 Å². The largest absolute Gasteiger partial charge is 0.294 e. The Hall–Kier alpha value is -2.64. The first-order chi connectivity index (χ1) is 12.9. The molecule has 0 aromatic heterocycles. The molecule has 0 fully saturated rings. The summed E-state index contributed by atoms with van der Waals surface area (Å²) >= 11 is 1.45. The lowest BCUT2D eigenvalue weighted by atomic mass is 10.0. The minimum Gasteiger partial charge on any atom is -0.294 e. The van der Waals surface area contributed by atoms with E-state index in [2.05, 4.69) is 4.72 Å². The normalized spacial score (nSPS) is 13.4. The smallest absolute Gasteiger partial charge is 0.261 e. The molecule has 136 valence electrons. The lowest BCUT2D eigenvalue weighted by Gasteiger charge is -2.11. The van der Waals surface area contributed by atoms with Crippen molar-refractivity contribution in [1.82, 2.24) is 0 Å². The van der Waals surface area contributed by atoms with E-state index in [1.54, 1.807) is 12.1 Å². The number of hydrogen-bond acceptors (Lipinski definition) is 4. The monoisotopic (exact) mass is 399 g/mol. The molecule has 1 heterocycles. The molecule has 0 saturated heterocycles. The predicted molar refractivity (Wildman–Crippen MR) is 102 cm³/mol. The number of sulfonamides is 1. The number of fused-ring (bicyclic) bond motifs is 2. The van der Waals surface area contributed by atoms with Crippen LogP contribution < -0.4 is 4.72 Å². The van der Waals surface area contributed by atoms with Gasteiger partial charge in [0.25, 0.3) is 10.0 Å². The Kier molecular flexibility index (Phi) is 4.49. The molecular formula is C20H14FNO3S2. The maximum Gasteiger partial charge on any atom is 0.261 e. The molecule has 4 rings (SSSR count). The molecule has 3 aromatic carbocycles. The van der Waals surface area contributed by atoms with Crippen LogP contribution in [-0.4, -0.2) is 14.2 Å². The highest BCUT2D eigenvalue weighted by Crippen LogP contribution is 2.37. The number of ketones is 1. The number of rotatable bonds is 3. The van der Waals surface area contributed by atoms with E-state index in [0.717, 1.165) is 9.79 Å². The first-order valence-corrected chi connectivity index (χ1v) is 10.4. The molecule has 1 aliphatic rings. The van der Waals surface area contributed by atoms with Gasteiger partial charge in [-0.3, -0.25) is 9.52 Å². The van der Waals surface area contributed by atoms with Crippen molar-refractivity contribution in [2.75, 3.05) is 4.72 Å². The van der Waals surface area contributed by atoms with Gasteiger partial charge >= 0.3 is 0 Å². The molecule has 0 unspecified atom stereocenters. The third-order valence-corrected chi connectivity index (χ3v) is 6.77. The van der Waals surface area contributed by atoms with Gasteiger partial charge in [0.1, 0.15) is 5.82 Å². The molecule has 0 amide bonds. The third kappa shape index (κ3) is 3.61. The van der Waals surface area contributed by atoms with Gasteiger partial charge in [-0.2, -0.15) is 0 Å². The fraction of sp³-hybridized carbons (Fsp3) is 0.0500. The number of anilines is 1. The molecule has 0 saturated carbocycles. The van der Waals surface area contributed by atoms with Crippen molar-refractivity contribution in [1.29, 1.82) is 0 Å². The quantitative estimate of drug-likeness (QED) is 0.704. The summed E-state index contributed by atoms with van der Waals surface area (Å²) in [5.74, 6) is -0.490. The number of carbonyl (C=O) groups is 1. The average Bonchev–Trinajstić information content (AvgIpc) is 2.79. The standard InChI is InChI=1S/C20H14FNO3S2/c21-14-5-7-15(8-6-14)22-27(24,25)16-9-10-19-13(11-16)12-18(23)17-3-1-2-4-20(17)26-19/h1-11,22H,12H2. The van der Waals surface area contributed by atoms with Crippen molar-refractivity contribution in [3.05, 3.63) is 83.7 Å². The number of halogens is 1. The SMILES string of the molecule is O=C1Cc2cc(S(=O)(=O)Nc3ccc(F)cc3)ccc2Sc2ccccc21. The Morgan fingerprint density at radius 2 is 1.67 bits per heavy atom. The first kappa shape index (κ1) is 17.8. The van der Waals surface area contributed by atoms with Crippen LogP contribution in [0.1, 0.15) is 15.9 Å². The first-order valence-electron chi connectivity index (χ1n) is 8.14. The van der Waals surface area contributed by atoms with Gasteiger partial charge in [-0.25, -0.2) is 12.8 Å². The zero-order valence-corrected chi connectivity index (χ0v) is 15.6. The Labute approximate surface area is 160 Å². The zero-order valence-electron chi connectivity index (χ0n) is 14.0. The fourth-order valence-corrected chi connectivity index (χ4v) is 5.05. The highest BCUT2D eigenvalue weighted by molar-refractivity contribution is 7.99. The topological polar surface area (TPSA) is 63.2 Å². The summed E-state index contributed by atoms with van der Waals surface area (Å²) in [5.41, 5.74) is 1.58. The summed E-state index contributed by atoms with van der Waals surface area (Å²) in [6.45, 7) is 0. The molecule has 7 heteroatoms. The molecule has 0 bridgehead atoms. The Morgan fingerprint density at radius 3 is 2.44 bits per heavy atom. The van der Waals surface area contributed by atoms with Crippen LogP contribution in [0.2, 0.25) is 0 Å². The second kappa shape index (κ2) is 6.83. The maximum atomic E-state index is 13.0. The molecule has 4 nitrogen and oxygen atoms in total. The lowest BCUT2D eigenvalue weighted by molar-refractivity contribution is 0.0990. The van der Waals surface area contributed by atoms with Crippen molar-refractivity contribution in [2.45, 2.75) is 21.1 Å². The molecule has 1 aliphatic heterocycles. The van der Waals surface area contributed by atoms with Gasteiger partial charge in [0.15, 0.2) is 5.78 Å². The molecule has 0 aliphatic carbocycles. The maximum absolute atomic E-state index is 13.0. The molecule has 1 N–H and O–H groups in total. The van der Waals surface area contributed by atoms with Crippen molar-refractivity contribution in [2.24, 2.45) is 0 Å². The summed E-state index contributed by atoms with van der Waals surface area (Å²) in [4.78, 5) is 14.3. The molecule has 0 radical (unpaired) electrons. The number of Topliss-reactive ketones (excluding diaryl/α,β-unsaturated/α-hetero) is 1. The van der Waals surface area contributed by atoms with E-state index < -0.39 is 15.8 Å². The van der Waals surface area contributed by atoms with Crippen LogP contribution in [0, 0.1) is 5.82 Å². The van der Waals surface area contributed by atoms with E-state index in [1.807, 2.05) is 18.2 Å². The van der Waals surface area contributed by atoms with Crippen LogP contribution in [0.4, 0.5) is 10.1 Å². The Morgan fingerprint density at radius 1 is 0.926 bits per heavy atom. The number of hydrogen-bond donors (Lipinski definition) is 1. The van der Waals surface area contributed by atoms with E-state index in [9.17, 15) is 17.6 Å². The van der Waals surface area contributed by atoms with E-state index in [-0.39, 0.29) is 22.8 Å². The molecule has 27 heavy (non-hydrogen) atoms. The summed E-state index contributed by atoms with van der Waals surface area (Å²) in [6.07, 6.45) is 0.138. The van der Waals surface area contributed by atoms with E-state index in [0.29, 0.717) is 11.1 Å². The van der Waals surface area contributed by atoms with Gasteiger partial charge in [0, 0.05) is 27.5 Å². The average molecular weight is 399 g/mol. The summed E-state index contributed by atoms with van der Waals surface area (Å²) < 4.78 is 40.8.